The molecule has 0 aliphatic carbocycles. The average molecular weight is 87.9 g/mol. The Labute approximate surface area is 32.8 Å². The van der Waals surface area contributed by atoms with Gasteiger partial charge in [0.1, 0.15) is 7.85 Å². The van der Waals surface area contributed by atoms with Gasteiger partial charge in [-0.1, -0.05) is 0 Å². The van der Waals surface area contributed by atoms with Gasteiger partial charge < -0.3 is 0 Å². The Bertz CT molecular complexity index is 113. The highest BCUT2D eigenvalue weighted by Crippen LogP contribution is 1.22. The van der Waals surface area contributed by atoms with Crippen LogP contribution >= 0.6 is 0 Å². The summed E-state index contributed by atoms with van der Waals surface area (Å²) in [6.07, 6.45) is 0. The number of hydrogen-bond donors (Lipinski definition) is 0. The van der Waals surface area contributed by atoms with Crippen LogP contribution in [0.2, 0.25) is 0 Å². The van der Waals surface area contributed by atoms with Gasteiger partial charge in [0.25, 0.3) is 0 Å². The Balaban J connectivity index is 4.25. The molecule has 4 heteroatoms. The fraction of sp³-hybridized carbons (Fsp3) is 0. The molecule has 0 spiro atoms. The zero-order valence-electron chi connectivity index (χ0n) is 2.38. The van der Waals surface area contributed by atoms with Gasteiger partial charge in [-0.2, -0.15) is 8.42 Å². The van der Waals surface area contributed by atoms with Crippen LogP contribution in [-0.4, -0.2) is 21.5 Å². The summed E-state index contributed by atoms with van der Waals surface area (Å²) >= 11 is 0. The van der Waals surface area contributed by atoms with Crippen molar-refractivity contribution in [3.63, 3.8) is 0 Å². The molecule has 2 nitrogen and oxygen atoms in total. The summed E-state index contributed by atoms with van der Waals surface area (Å²) in [7, 11) is 2.26. The first-order chi connectivity index (χ1) is 2.27. The third-order valence-corrected chi connectivity index (χ3v) is 0.333. The van der Waals surface area contributed by atoms with Gasteiger partial charge in [0.05, 0.1) is 0 Å². The molecule has 0 aromatic rings. The topological polar surface area (TPSA) is 34.1 Å². The second-order valence-corrected chi connectivity index (χ2v) is 1.19. The molecule has 0 aliphatic heterocycles. The first-order valence-corrected chi connectivity index (χ1v) is 2.04. The molecule has 0 saturated heterocycles. The molecule has 0 aromatic carbocycles. The van der Waals surface area contributed by atoms with Gasteiger partial charge in [0.2, 0.25) is 0 Å². The lowest BCUT2D eigenvalue weighted by atomic mass is 10.2. The molecular formula is CHBO2S. The van der Waals surface area contributed by atoms with Crippen molar-refractivity contribution in [1.29, 1.82) is 0 Å². The molecule has 0 N–H and O–H groups in total. The molecule has 0 amide bonds. The van der Waals surface area contributed by atoms with Gasteiger partial charge in [-0.25, -0.2) is 0 Å². The third kappa shape index (κ3) is 3.75. The van der Waals surface area contributed by atoms with E-state index in [-0.39, 0.29) is 0 Å². The van der Waals surface area contributed by atoms with Gasteiger partial charge in [0, 0.05) is 0 Å². The largest absolute Gasteiger partial charge is 0.199 e. The summed E-state index contributed by atoms with van der Waals surface area (Å²) in [4.78, 5) is 0. The average Bonchev–Trinajstić information content (AvgIpc) is 1.38. The number of hydrogen-bond acceptors (Lipinski definition) is 2. The van der Waals surface area contributed by atoms with Crippen LogP contribution < -0.4 is 0 Å². The van der Waals surface area contributed by atoms with Gasteiger partial charge >= 0.3 is 0 Å². The zero-order valence-corrected chi connectivity index (χ0v) is 3.20. The zero-order chi connectivity index (χ0) is 4.28. The Morgan fingerprint density at radius 2 is 1.80 bits per heavy atom. The van der Waals surface area contributed by atoms with Crippen LogP contribution in [0, 0.1) is 0 Å². The fourth-order valence-corrected chi connectivity index (χ4v) is 0. The first-order valence-electron chi connectivity index (χ1n) is 0.902. The maximum absolute atomic E-state index is 9.19. The van der Waals surface area contributed by atoms with Crippen molar-refractivity contribution in [3.05, 3.63) is 0 Å². The van der Waals surface area contributed by atoms with E-state index in [9.17, 15) is 8.42 Å². The molecule has 0 atom stereocenters. The SMILES string of the molecule is [B]C=S(=O)=O. The fourth-order valence-electron chi connectivity index (χ4n) is 0. The smallest absolute Gasteiger partial charge is 0.186 e. The Morgan fingerprint density at radius 1 is 1.60 bits per heavy atom. The number of rotatable bonds is 0. The predicted molar refractivity (Wildman–Crippen MR) is 20.7 cm³/mol. The van der Waals surface area contributed by atoms with Crippen molar-refractivity contribution >= 4 is 23.4 Å². The van der Waals surface area contributed by atoms with Crippen LogP contribution in [0.5, 0.6) is 0 Å². The van der Waals surface area contributed by atoms with Crippen molar-refractivity contribution in [1.82, 2.24) is 0 Å². The van der Waals surface area contributed by atoms with E-state index in [1.165, 1.54) is 0 Å². The lowest BCUT2D eigenvalue weighted by Gasteiger charge is -1.37. The normalized spacial score (nSPS) is 6.40. The van der Waals surface area contributed by atoms with E-state index < -0.39 is 10.3 Å². The van der Waals surface area contributed by atoms with E-state index in [1.807, 2.05) is 0 Å². The van der Waals surface area contributed by atoms with Crippen molar-refractivity contribution in [3.8, 4) is 0 Å². The highest BCUT2D eigenvalue weighted by molar-refractivity contribution is 7.73. The lowest BCUT2D eigenvalue weighted by Crippen LogP contribution is -1.64. The highest BCUT2D eigenvalue weighted by atomic mass is 32.2. The summed E-state index contributed by atoms with van der Waals surface area (Å²) in [5, 5.41) is 0.583. The van der Waals surface area contributed by atoms with E-state index in [2.05, 4.69) is 7.85 Å². The first kappa shape index (κ1) is 4.75. The summed E-state index contributed by atoms with van der Waals surface area (Å²) in [5.74, 6) is 0. The van der Waals surface area contributed by atoms with Crippen LogP contribution in [0.25, 0.3) is 0 Å². The van der Waals surface area contributed by atoms with Gasteiger partial charge in [-0.15, -0.1) is 0 Å². The monoisotopic (exact) mass is 88.0 g/mol. The molecule has 0 bridgehead atoms. The molecule has 2 radical (unpaired) electrons. The van der Waals surface area contributed by atoms with Crippen molar-refractivity contribution < 1.29 is 8.42 Å². The van der Waals surface area contributed by atoms with Crippen LogP contribution in [0.4, 0.5) is 0 Å². The van der Waals surface area contributed by atoms with Gasteiger partial charge in [0.15, 0.2) is 10.3 Å². The summed E-state index contributed by atoms with van der Waals surface area (Å²) in [6.45, 7) is 0. The second-order valence-electron chi connectivity index (χ2n) is 0.397. The van der Waals surface area contributed by atoms with Crippen molar-refractivity contribution in [2.75, 3.05) is 0 Å². The minimum absolute atomic E-state index is 0.583. The summed E-state index contributed by atoms with van der Waals surface area (Å²) < 4.78 is 18.4. The summed E-state index contributed by atoms with van der Waals surface area (Å²) in [6, 6.07) is 0. The lowest BCUT2D eigenvalue weighted by molar-refractivity contribution is 0.627. The highest BCUT2D eigenvalue weighted by Gasteiger charge is 1.47. The molecular weight excluding hydrogens is 86.9 g/mol. The molecule has 0 saturated carbocycles. The Morgan fingerprint density at radius 3 is 1.80 bits per heavy atom. The van der Waals surface area contributed by atoms with E-state index in [0.29, 0.717) is 5.27 Å². The molecule has 0 rings (SSSR count). The summed E-state index contributed by atoms with van der Waals surface area (Å²) in [5.41, 5.74) is 0. The van der Waals surface area contributed by atoms with Crippen LogP contribution in [-0.2, 0) is 10.3 Å². The minimum atomic E-state index is -2.17. The molecule has 0 unspecified atom stereocenters. The van der Waals surface area contributed by atoms with Crippen LogP contribution in [0.1, 0.15) is 0 Å². The van der Waals surface area contributed by atoms with Gasteiger partial charge in [-0.3, -0.25) is 0 Å². The molecule has 0 aromatic heterocycles. The van der Waals surface area contributed by atoms with E-state index in [4.69, 9.17) is 0 Å². The molecule has 0 fully saturated rings. The standard InChI is InChI=1S/CHBO2S/c2-1-5(3)4/h1H. The maximum atomic E-state index is 9.19. The minimum Gasteiger partial charge on any atom is -0.186 e. The Hall–Kier alpha value is -0.245. The molecule has 0 aliphatic rings. The van der Waals surface area contributed by atoms with Crippen LogP contribution in [0.3, 0.4) is 0 Å². The van der Waals surface area contributed by atoms with E-state index in [0.717, 1.165) is 0 Å². The third-order valence-electron chi connectivity index (χ3n) is 0.111. The quantitative estimate of drug-likeness (QED) is 0.275. The molecule has 0 heterocycles. The van der Waals surface area contributed by atoms with Crippen molar-refractivity contribution in [2.45, 2.75) is 0 Å². The molecule has 26 valence electrons. The maximum Gasteiger partial charge on any atom is 0.199 e. The van der Waals surface area contributed by atoms with Crippen molar-refractivity contribution in [2.24, 2.45) is 0 Å². The van der Waals surface area contributed by atoms with Gasteiger partial charge in [-0.05, 0) is 5.27 Å². The second kappa shape index (κ2) is 2.02. The molecule has 5 heavy (non-hydrogen) atoms. The van der Waals surface area contributed by atoms with Crippen LogP contribution in [0.15, 0.2) is 0 Å². The predicted octanol–water partition coefficient (Wildman–Crippen LogP) is -1.21. The van der Waals surface area contributed by atoms with E-state index >= 15 is 0 Å². The van der Waals surface area contributed by atoms with E-state index in [1.54, 1.807) is 0 Å². The Kier molecular flexibility index (Phi) is 1.92.